The molecule has 3 heteroatoms. The molecular weight excluding hydrogens is 308 g/mol. The van der Waals surface area contributed by atoms with E-state index in [2.05, 4.69) is 42.7 Å². The van der Waals surface area contributed by atoms with E-state index in [1.54, 1.807) is 6.92 Å². The van der Waals surface area contributed by atoms with Gasteiger partial charge in [0, 0.05) is 20.5 Å². The van der Waals surface area contributed by atoms with Gasteiger partial charge in [-0.15, -0.1) is 0 Å². The van der Waals surface area contributed by atoms with Crippen LogP contribution in [0, 0.1) is 0 Å². The summed E-state index contributed by atoms with van der Waals surface area (Å²) in [5, 5.41) is 1.92. The van der Waals surface area contributed by atoms with Crippen LogP contribution < -0.4 is 5.43 Å². The fourth-order valence-electron chi connectivity index (χ4n) is 3.43. The molecule has 0 radical (unpaired) electrons. The Morgan fingerprint density at radius 3 is 2.08 bits per heavy atom. The largest absolute Gasteiger partial charge is 0.289 e. The molecule has 1 aromatic rings. The first-order valence-electron chi connectivity index (χ1n) is 10.2. The van der Waals surface area contributed by atoms with Crippen LogP contribution in [0.25, 0.3) is 0 Å². The number of benzene rings is 1. The Morgan fingerprint density at radius 2 is 1.52 bits per heavy atom. The molecule has 3 nitrogen and oxygen atoms in total. The van der Waals surface area contributed by atoms with Crippen LogP contribution in [0.2, 0.25) is 0 Å². The Hall–Kier alpha value is -1.35. The number of amides is 1. The Balaban J connectivity index is 2.30. The lowest BCUT2D eigenvalue weighted by Crippen LogP contribution is -2.40. The van der Waals surface area contributed by atoms with E-state index in [-0.39, 0.29) is 5.91 Å². The molecule has 1 rings (SSSR count). The molecule has 142 valence electrons. The Kier molecular flexibility index (Phi) is 12.0. The summed E-state index contributed by atoms with van der Waals surface area (Å²) in [5.74, 6) is 0.472. The lowest BCUT2D eigenvalue weighted by atomic mass is 9.92. The zero-order valence-electron chi connectivity index (χ0n) is 16.6. The molecule has 0 aromatic heterocycles. The van der Waals surface area contributed by atoms with Crippen LogP contribution >= 0.6 is 0 Å². The molecule has 1 N–H and O–H groups in total. The molecule has 0 aliphatic rings. The second kappa shape index (κ2) is 13.9. The quantitative estimate of drug-likeness (QED) is 0.347. The highest BCUT2D eigenvalue weighted by Gasteiger charge is 2.14. The van der Waals surface area contributed by atoms with Gasteiger partial charge >= 0.3 is 0 Å². The van der Waals surface area contributed by atoms with Crippen molar-refractivity contribution in [2.24, 2.45) is 0 Å². The second-order valence-electron chi connectivity index (χ2n) is 7.27. The second-order valence-corrected chi connectivity index (χ2v) is 7.27. The van der Waals surface area contributed by atoms with Gasteiger partial charge in [-0.25, -0.2) is 5.01 Å². The molecule has 0 heterocycles. The van der Waals surface area contributed by atoms with E-state index in [1.807, 2.05) is 12.1 Å². The number of likely N-dealkylation sites (N-methyl/N-ethyl adjacent to an activating group) is 1. The van der Waals surface area contributed by atoms with Crippen molar-refractivity contribution in [1.82, 2.24) is 10.4 Å². The van der Waals surface area contributed by atoms with Crippen LogP contribution in [0.5, 0.6) is 0 Å². The summed E-state index contributed by atoms with van der Waals surface area (Å²) < 4.78 is 0. The summed E-state index contributed by atoms with van der Waals surface area (Å²) in [7, 11) is 1.95. The van der Waals surface area contributed by atoms with E-state index in [4.69, 9.17) is 0 Å². The number of nitrogens with zero attached hydrogens (tertiary/aromatic N) is 1. The van der Waals surface area contributed by atoms with Crippen LogP contribution in [-0.2, 0) is 4.79 Å². The van der Waals surface area contributed by atoms with Crippen LogP contribution in [0.4, 0.5) is 0 Å². The minimum atomic E-state index is -0.00242. The highest BCUT2D eigenvalue weighted by atomic mass is 16.2. The number of carbonyl (C=O) groups is 1. The molecule has 1 atom stereocenters. The van der Waals surface area contributed by atoms with E-state index in [1.165, 1.54) is 69.8 Å². The summed E-state index contributed by atoms with van der Waals surface area (Å²) in [6.07, 6.45) is 13.4. The van der Waals surface area contributed by atoms with Crippen LogP contribution in [0.15, 0.2) is 30.3 Å². The first-order chi connectivity index (χ1) is 12.1. The highest BCUT2D eigenvalue weighted by molar-refractivity contribution is 5.72. The van der Waals surface area contributed by atoms with Gasteiger partial charge in [0.2, 0.25) is 5.91 Å². The topological polar surface area (TPSA) is 32.3 Å². The van der Waals surface area contributed by atoms with Crippen molar-refractivity contribution < 1.29 is 4.79 Å². The summed E-state index contributed by atoms with van der Waals surface area (Å²) in [4.78, 5) is 11.2. The summed E-state index contributed by atoms with van der Waals surface area (Å²) in [6.45, 7) is 4.70. The first-order valence-corrected chi connectivity index (χ1v) is 10.2. The van der Waals surface area contributed by atoms with Crippen molar-refractivity contribution in [1.29, 1.82) is 0 Å². The molecule has 25 heavy (non-hydrogen) atoms. The van der Waals surface area contributed by atoms with Crippen molar-refractivity contribution in [3.8, 4) is 0 Å². The predicted octanol–water partition coefficient (Wildman–Crippen LogP) is 5.67. The van der Waals surface area contributed by atoms with Crippen molar-refractivity contribution >= 4 is 5.91 Å². The number of rotatable bonds is 14. The Bertz CT molecular complexity index is 447. The Labute approximate surface area is 155 Å². The maximum Gasteiger partial charge on any atom is 0.231 e. The number of hydrazine groups is 1. The summed E-state index contributed by atoms with van der Waals surface area (Å²) in [5.41, 5.74) is 4.25. The molecule has 0 fully saturated rings. The fraction of sp³-hybridized carbons (Fsp3) is 0.682. The average molecular weight is 347 g/mol. The van der Waals surface area contributed by atoms with Crippen molar-refractivity contribution in [2.75, 3.05) is 13.6 Å². The number of hydrogen-bond donors (Lipinski definition) is 1. The SMILES string of the molecule is CCCCCCCCCCCC(CN(C)NC(C)=O)c1ccccc1. The molecule has 0 saturated heterocycles. The average Bonchev–Trinajstić information content (AvgIpc) is 2.59. The molecular formula is C22H38N2O. The van der Waals surface area contributed by atoms with Gasteiger partial charge in [0.05, 0.1) is 0 Å². The van der Waals surface area contributed by atoms with Gasteiger partial charge < -0.3 is 0 Å². The maximum atomic E-state index is 11.2. The summed E-state index contributed by atoms with van der Waals surface area (Å²) in [6, 6.07) is 10.7. The van der Waals surface area contributed by atoms with Crippen molar-refractivity contribution in [2.45, 2.75) is 84.0 Å². The van der Waals surface area contributed by atoms with Gasteiger partial charge in [-0.1, -0.05) is 95.0 Å². The monoisotopic (exact) mass is 346 g/mol. The molecule has 0 bridgehead atoms. The van der Waals surface area contributed by atoms with Gasteiger partial charge in [0.25, 0.3) is 0 Å². The number of unbranched alkanes of at least 4 members (excludes halogenated alkanes) is 8. The van der Waals surface area contributed by atoms with Crippen LogP contribution in [-0.4, -0.2) is 24.5 Å². The third-order valence-electron chi connectivity index (χ3n) is 4.77. The lowest BCUT2D eigenvalue weighted by Gasteiger charge is -2.24. The molecule has 0 spiro atoms. The van der Waals surface area contributed by atoms with Gasteiger partial charge in [0.1, 0.15) is 0 Å². The van der Waals surface area contributed by atoms with Crippen LogP contribution in [0.1, 0.15) is 89.5 Å². The van der Waals surface area contributed by atoms with E-state index in [0.29, 0.717) is 5.92 Å². The van der Waals surface area contributed by atoms with Crippen LogP contribution in [0.3, 0.4) is 0 Å². The molecule has 0 aliphatic heterocycles. The minimum Gasteiger partial charge on any atom is -0.289 e. The maximum absolute atomic E-state index is 11.2. The third-order valence-corrected chi connectivity index (χ3v) is 4.77. The zero-order chi connectivity index (χ0) is 18.3. The van der Waals surface area contributed by atoms with E-state index in [9.17, 15) is 4.79 Å². The van der Waals surface area contributed by atoms with E-state index >= 15 is 0 Å². The van der Waals surface area contributed by atoms with Crippen molar-refractivity contribution in [3.63, 3.8) is 0 Å². The number of nitrogens with one attached hydrogen (secondary N) is 1. The van der Waals surface area contributed by atoms with Gasteiger partial charge in [-0.2, -0.15) is 0 Å². The molecule has 1 amide bonds. The molecule has 1 aromatic carbocycles. The van der Waals surface area contributed by atoms with Gasteiger partial charge in [-0.05, 0) is 17.9 Å². The minimum absolute atomic E-state index is 0.00242. The predicted molar refractivity (Wildman–Crippen MR) is 107 cm³/mol. The Morgan fingerprint density at radius 1 is 0.960 bits per heavy atom. The standard InChI is InChI=1S/C22H38N2O/c1-4-5-6-7-8-9-10-11-13-18-22(19-24(3)23-20(2)25)21-16-14-12-15-17-21/h12,14-17,22H,4-11,13,18-19H2,1-3H3,(H,23,25). The van der Waals surface area contributed by atoms with Gasteiger partial charge in [-0.3, -0.25) is 10.2 Å². The molecule has 0 aliphatic carbocycles. The normalized spacial score (nSPS) is 12.3. The molecule has 1 unspecified atom stereocenters. The first kappa shape index (κ1) is 21.7. The molecule has 0 saturated carbocycles. The lowest BCUT2D eigenvalue weighted by molar-refractivity contribution is -0.123. The van der Waals surface area contributed by atoms with E-state index in [0.717, 1.165) is 6.54 Å². The smallest absolute Gasteiger partial charge is 0.231 e. The fourth-order valence-corrected chi connectivity index (χ4v) is 3.43. The van der Waals surface area contributed by atoms with E-state index < -0.39 is 0 Å². The third kappa shape index (κ3) is 11.0. The zero-order valence-corrected chi connectivity index (χ0v) is 16.6. The summed E-state index contributed by atoms with van der Waals surface area (Å²) >= 11 is 0. The van der Waals surface area contributed by atoms with Crippen molar-refractivity contribution in [3.05, 3.63) is 35.9 Å². The van der Waals surface area contributed by atoms with Gasteiger partial charge in [0.15, 0.2) is 0 Å². The number of carbonyl (C=O) groups excluding carboxylic acids is 1. The highest BCUT2D eigenvalue weighted by Crippen LogP contribution is 2.23. The number of hydrogen-bond acceptors (Lipinski definition) is 2.